The van der Waals surface area contributed by atoms with Crippen LogP contribution >= 0.6 is 22.7 Å². The quantitative estimate of drug-likeness (QED) is 0.719. The number of benzene rings is 1. The summed E-state index contributed by atoms with van der Waals surface area (Å²) in [4.78, 5) is 16.6. The van der Waals surface area contributed by atoms with Crippen molar-refractivity contribution in [3.63, 3.8) is 0 Å². The Balaban J connectivity index is 1.27. The van der Waals surface area contributed by atoms with E-state index in [-0.39, 0.29) is 12.7 Å². The minimum Gasteiger partial charge on any atom is -0.454 e. The number of thiophene rings is 1. The fourth-order valence-corrected chi connectivity index (χ4v) is 4.11. The van der Waals surface area contributed by atoms with Gasteiger partial charge in [0.1, 0.15) is 5.01 Å². The van der Waals surface area contributed by atoms with Crippen LogP contribution < -0.4 is 14.8 Å². The molecule has 0 atom stereocenters. The maximum absolute atomic E-state index is 12.1. The van der Waals surface area contributed by atoms with Crippen molar-refractivity contribution in [1.29, 1.82) is 0 Å². The monoisotopic (exact) mass is 372 g/mol. The van der Waals surface area contributed by atoms with Gasteiger partial charge < -0.3 is 14.8 Å². The van der Waals surface area contributed by atoms with Gasteiger partial charge in [-0.15, -0.1) is 11.3 Å². The summed E-state index contributed by atoms with van der Waals surface area (Å²) in [6.45, 7) is 0.858. The largest absolute Gasteiger partial charge is 0.454 e. The molecule has 0 aliphatic carbocycles. The Morgan fingerprint density at radius 2 is 2.12 bits per heavy atom. The van der Waals surface area contributed by atoms with Crippen molar-refractivity contribution in [1.82, 2.24) is 10.3 Å². The second kappa shape index (κ2) is 7.25. The van der Waals surface area contributed by atoms with E-state index in [2.05, 4.69) is 15.7 Å². The molecule has 3 heterocycles. The van der Waals surface area contributed by atoms with Crippen molar-refractivity contribution in [3.05, 3.63) is 51.7 Å². The van der Waals surface area contributed by atoms with Crippen LogP contribution in [0.4, 0.5) is 0 Å². The van der Waals surface area contributed by atoms with E-state index in [1.165, 1.54) is 0 Å². The molecule has 0 fully saturated rings. The molecule has 0 saturated heterocycles. The third kappa shape index (κ3) is 3.83. The number of rotatable bonds is 6. The van der Waals surface area contributed by atoms with Gasteiger partial charge >= 0.3 is 0 Å². The van der Waals surface area contributed by atoms with Gasteiger partial charge in [-0.25, -0.2) is 4.98 Å². The van der Waals surface area contributed by atoms with Crippen LogP contribution in [0.25, 0.3) is 10.6 Å². The molecule has 1 aliphatic heterocycles. The number of amides is 1. The lowest BCUT2D eigenvalue weighted by Crippen LogP contribution is -2.27. The van der Waals surface area contributed by atoms with Crippen molar-refractivity contribution >= 4 is 28.6 Å². The minimum absolute atomic E-state index is 0.0112. The summed E-state index contributed by atoms with van der Waals surface area (Å²) >= 11 is 3.22. The molecule has 0 spiro atoms. The molecule has 2 aromatic heterocycles. The Morgan fingerprint density at radius 1 is 1.20 bits per heavy atom. The predicted molar refractivity (Wildman–Crippen MR) is 98.4 cm³/mol. The third-order valence-corrected chi connectivity index (χ3v) is 5.46. The number of hydrogen-bond acceptors (Lipinski definition) is 6. The predicted octanol–water partition coefficient (Wildman–Crippen LogP) is 3.50. The van der Waals surface area contributed by atoms with Crippen molar-refractivity contribution in [2.24, 2.45) is 0 Å². The summed E-state index contributed by atoms with van der Waals surface area (Å²) < 4.78 is 10.7. The number of hydrogen-bond donors (Lipinski definition) is 1. The van der Waals surface area contributed by atoms with E-state index < -0.39 is 0 Å². The average Bonchev–Trinajstić information content (AvgIpc) is 3.35. The van der Waals surface area contributed by atoms with Gasteiger partial charge in [-0.2, -0.15) is 11.3 Å². The van der Waals surface area contributed by atoms with Gasteiger partial charge in [-0.3, -0.25) is 4.79 Å². The van der Waals surface area contributed by atoms with E-state index >= 15 is 0 Å². The molecule has 1 N–H and O–H groups in total. The van der Waals surface area contributed by atoms with Gasteiger partial charge in [0.05, 0.1) is 12.1 Å². The molecule has 3 aromatic rings. The first-order valence-corrected chi connectivity index (χ1v) is 9.72. The van der Waals surface area contributed by atoms with Crippen LogP contribution in [0, 0.1) is 0 Å². The number of nitrogens with one attached hydrogen (secondary N) is 1. The first-order valence-electron chi connectivity index (χ1n) is 7.90. The number of nitrogens with zero attached hydrogens (tertiary/aromatic N) is 1. The Bertz CT molecular complexity index is 874. The maximum Gasteiger partial charge on any atom is 0.231 e. The Morgan fingerprint density at radius 3 is 3.00 bits per heavy atom. The second-order valence-electron chi connectivity index (χ2n) is 5.62. The fraction of sp³-hybridized carbons (Fsp3) is 0.222. The molecule has 7 heteroatoms. The van der Waals surface area contributed by atoms with Gasteiger partial charge in [-0.1, -0.05) is 6.07 Å². The van der Waals surface area contributed by atoms with Crippen molar-refractivity contribution in [3.8, 4) is 22.1 Å². The van der Waals surface area contributed by atoms with Gasteiger partial charge in [0.25, 0.3) is 0 Å². The van der Waals surface area contributed by atoms with Gasteiger partial charge in [0, 0.05) is 22.9 Å². The number of aromatic nitrogens is 1. The standard InChI is InChI=1S/C18H16N2O3S2/c21-17(8-14-10-25-18(20-14)13-4-6-24-9-13)19-5-3-12-1-2-15-16(7-12)23-11-22-15/h1-2,4,6-7,9-10H,3,5,8,11H2,(H,19,21). The molecular weight excluding hydrogens is 356 g/mol. The van der Waals surface area contributed by atoms with E-state index in [1.54, 1.807) is 22.7 Å². The molecule has 0 bridgehead atoms. The summed E-state index contributed by atoms with van der Waals surface area (Å²) in [5.41, 5.74) is 3.04. The number of carbonyl (C=O) groups excluding carboxylic acids is 1. The highest BCUT2D eigenvalue weighted by Gasteiger charge is 2.13. The zero-order valence-electron chi connectivity index (χ0n) is 13.4. The van der Waals surface area contributed by atoms with Crippen LogP contribution in [0.3, 0.4) is 0 Å². The highest BCUT2D eigenvalue weighted by molar-refractivity contribution is 7.14. The van der Waals surface area contributed by atoms with Crippen molar-refractivity contribution < 1.29 is 14.3 Å². The van der Waals surface area contributed by atoms with Crippen LogP contribution in [0.1, 0.15) is 11.3 Å². The van der Waals surface area contributed by atoms with Crippen LogP contribution in [0.15, 0.2) is 40.4 Å². The minimum atomic E-state index is -0.0112. The number of fused-ring (bicyclic) bond motifs is 1. The lowest BCUT2D eigenvalue weighted by Gasteiger charge is -2.05. The Hall–Kier alpha value is -2.38. The van der Waals surface area contributed by atoms with Crippen LogP contribution in [0.5, 0.6) is 11.5 Å². The molecule has 1 aliphatic rings. The first kappa shape index (κ1) is 16.1. The summed E-state index contributed by atoms with van der Waals surface area (Å²) in [6, 6.07) is 7.90. The maximum atomic E-state index is 12.1. The molecule has 0 radical (unpaired) electrons. The van der Waals surface area contributed by atoms with E-state index in [4.69, 9.17) is 9.47 Å². The smallest absolute Gasteiger partial charge is 0.231 e. The van der Waals surface area contributed by atoms with E-state index in [0.717, 1.165) is 39.7 Å². The fourth-order valence-electron chi connectivity index (χ4n) is 2.58. The van der Waals surface area contributed by atoms with E-state index in [9.17, 15) is 4.79 Å². The lowest BCUT2D eigenvalue weighted by molar-refractivity contribution is -0.120. The van der Waals surface area contributed by atoms with Gasteiger partial charge in [0.2, 0.25) is 12.7 Å². The summed E-state index contributed by atoms with van der Waals surface area (Å²) in [7, 11) is 0. The molecule has 25 heavy (non-hydrogen) atoms. The Kier molecular flexibility index (Phi) is 4.67. The van der Waals surface area contributed by atoms with Crippen LogP contribution in [-0.2, 0) is 17.6 Å². The second-order valence-corrected chi connectivity index (χ2v) is 7.26. The van der Waals surface area contributed by atoms with Crippen molar-refractivity contribution in [2.75, 3.05) is 13.3 Å². The SMILES string of the molecule is O=C(Cc1csc(-c2ccsc2)n1)NCCc1ccc2c(c1)OCO2. The topological polar surface area (TPSA) is 60.5 Å². The third-order valence-electron chi connectivity index (χ3n) is 3.83. The highest BCUT2D eigenvalue weighted by Crippen LogP contribution is 2.32. The molecule has 1 aromatic carbocycles. The lowest BCUT2D eigenvalue weighted by atomic mass is 10.1. The van der Waals surface area contributed by atoms with Gasteiger partial charge in [-0.05, 0) is 35.6 Å². The molecule has 0 unspecified atom stereocenters. The zero-order valence-corrected chi connectivity index (χ0v) is 15.0. The Labute approximate surface area is 153 Å². The molecule has 4 rings (SSSR count). The first-order chi connectivity index (χ1) is 12.3. The molecule has 128 valence electrons. The summed E-state index contributed by atoms with van der Waals surface area (Å²) in [5, 5.41) is 9.95. The molecule has 5 nitrogen and oxygen atoms in total. The zero-order chi connectivity index (χ0) is 17.1. The van der Waals surface area contributed by atoms with Crippen molar-refractivity contribution in [2.45, 2.75) is 12.8 Å². The normalized spacial score (nSPS) is 12.3. The molecule has 0 saturated carbocycles. The van der Waals surface area contributed by atoms with E-state index in [1.807, 2.05) is 35.0 Å². The number of thiazole rings is 1. The number of carbonyl (C=O) groups is 1. The summed E-state index contributed by atoms with van der Waals surface area (Å²) in [5.74, 6) is 1.54. The summed E-state index contributed by atoms with van der Waals surface area (Å²) in [6.07, 6.45) is 1.06. The molecule has 1 amide bonds. The van der Waals surface area contributed by atoms with E-state index in [0.29, 0.717) is 13.0 Å². The highest BCUT2D eigenvalue weighted by atomic mass is 32.1. The molecular formula is C18H16N2O3S2. The van der Waals surface area contributed by atoms with Crippen LogP contribution in [0.2, 0.25) is 0 Å². The van der Waals surface area contributed by atoms with Gasteiger partial charge in [0.15, 0.2) is 11.5 Å². The average molecular weight is 372 g/mol. The van der Waals surface area contributed by atoms with Crippen LogP contribution in [-0.4, -0.2) is 24.2 Å². The number of ether oxygens (including phenoxy) is 2.